The lowest BCUT2D eigenvalue weighted by Gasteiger charge is -2.24. The van der Waals surface area contributed by atoms with E-state index >= 15 is 0 Å². The maximum absolute atomic E-state index is 2.47. The molecular formula is C42H36. The molecule has 0 aliphatic heterocycles. The van der Waals surface area contributed by atoms with Crippen LogP contribution in [0.2, 0.25) is 0 Å². The van der Waals surface area contributed by atoms with Gasteiger partial charge in [-0.05, 0) is 109 Å². The molecule has 0 aliphatic rings. The zero-order valence-electron chi connectivity index (χ0n) is 25.1. The maximum Gasteiger partial charge on any atom is -0.00198 e. The van der Waals surface area contributed by atoms with E-state index in [2.05, 4.69) is 162 Å². The molecule has 0 bridgehead atoms. The Balaban J connectivity index is 1.70. The molecule has 7 aromatic carbocycles. The molecule has 0 spiro atoms. The molecular weight excluding hydrogens is 504 g/mol. The number of fused-ring (bicyclic) bond motifs is 3. The number of aryl methyl sites for hydroxylation is 2. The Bertz CT molecular complexity index is 2100. The van der Waals surface area contributed by atoms with Gasteiger partial charge in [0.25, 0.3) is 0 Å². The second-order valence-corrected chi connectivity index (χ2v) is 12.8. The van der Waals surface area contributed by atoms with Gasteiger partial charge in [0.2, 0.25) is 0 Å². The van der Waals surface area contributed by atoms with Crippen molar-refractivity contribution in [3.8, 4) is 33.4 Å². The maximum atomic E-state index is 2.47. The molecule has 204 valence electrons. The van der Waals surface area contributed by atoms with E-state index in [1.807, 2.05) is 0 Å². The molecule has 0 fully saturated rings. The highest BCUT2D eigenvalue weighted by Gasteiger charge is 2.22. The van der Waals surface area contributed by atoms with Gasteiger partial charge in [-0.25, -0.2) is 0 Å². The number of hydrogen-bond acceptors (Lipinski definition) is 0. The van der Waals surface area contributed by atoms with Gasteiger partial charge in [0.05, 0.1) is 0 Å². The quantitative estimate of drug-likeness (QED) is 0.196. The molecule has 7 rings (SSSR count). The topological polar surface area (TPSA) is 0 Å². The van der Waals surface area contributed by atoms with Crippen LogP contribution in [0.3, 0.4) is 0 Å². The minimum atomic E-state index is 0.0306. The van der Waals surface area contributed by atoms with E-state index in [0.29, 0.717) is 0 Å². The molecule has 0 atom stereocenters. The number of hydrogen-bond donors (Lipinski definition) is 0. The van der Waals surface area contributed by atoms with Crippen LogP contribution >= 0.6 is 0 Å². The first-order valence-electron chi connectivity index (χ1n) is 14.9. The normalized spacial score (nSPS) is 11.9. The van der Waals surface area contributed by atoms with Gasteiger partial charge in [0.15, 0.2) is 0 Å². The van der Waals surface area contributed by atoms with Crippen molar-refractivity contribution >= 4 is 32.3 Å². The highest BCUT2D eigenvalue weighted by Crippen LogP contribution is 2.48. The van der Waals surface area contributed by atoms with Crippen LogP contribution in [0.4, 0.5) is 0 Å². The molecule has 0 heterocycles. The molecule has 0 radical (unpaired) electrons. The molecule has 0 nitrogen and oxygen atoms in total. The number of benzene rings is 7. The lowest BCUT2D eigenvalue weighted by molar-refractivity contribution is 0.591. The Labute approximate surface area is 249 Å². The molecule has 0 amide bonds. The second kappa shape index (κ2) is 10.00. The summed E-state index contributed by atoms with van der Waals surface area (Å²) in [4.78, 5) is 0. The summed E-state index contributed by atoms with van der Waals surface area (Å²) in [7, 11) is 0. The molecule has 42 heavy (non-hydrogen) atoms. The van der Waals surface area contributed by atoms with Gasteiger partial charge in [-0.2, -0.15) is 0 Å². The van der Waals surface area contributed by atoms with Crippen molar-refractivity contribution in [1.82, 2.24) is 0 Å². The van der Waals surface area contributed by atoms with Crippen LogP contribution in [0.5, 0.6) is 0 Å². The first kappa shape index (κ1) is 26.2. The summed E-state index contributed by atoms with van der Waals surface area (Å²) < 4.78 is 0. The summed E-state index contributed by atoms with van der Waals surface area (Å²) in [6.45, 7) is 11.3. The van der Waals surface area contributed by atoms with Gasteiger partial charge in [0.1, 0.15) is 0 Å². The highest BCUT2D eigenvalue weighted by atomic mass is 14.3. The summed E-state index contributed by atoms with van der Waals surface area (Å²) in [5.41, 5.74) is 11.6. The minimum Gasteiger partial charge on any atom is -0.0622 e. The predicted octanol–water partition coefficient (Wildman–Crippen LogP) is 12.1. The lowest BCUT2D eigenvalue weighted by Crippen LogP contribution is -2.10. The highest BCUT2D eigenvalue weighted by molar-refractivity contribution is 6.23. The van der Waals surface area contributed by atoms with Crippen molar-refractivity contribution in [3.05, 3.63) is 144 Å². The van der Waals surface area contributed by atoms with E-state index in [1.54, 1.807) is 0 Å². The predicted molar refractivity (Wildman–Crippen MR) is 183 cm³/mol. The van der Waals surface area contributed by atoms with Gasteiger partial charge in [-0.1, -0.05) is 141 Å². The van der Waals surface area contributed by atoms with Gasteiger partial charge >= 0.3 is 0 Å². The molecule has 0 saturated heterocycles. The van der Waals surface area contributed by atoms with Crippen LogP contribution in [-0.2, 0) is 5.41 Å². The first-order valence-corrected chi connectivity index (χ1v) is 14.9. The Kier molecular flexibility index (Phi) is 6.24. The van der Waals surface area contributed by atoms with E-state index in [0.717, 1.165) is 0 Å². The summed E-state index contributed by atoms with van der Waals surface area (Å²) in [6.07, 6.45) is 0. The third kappa shape index (κ3) is 4.48. The molecule has 0 unspecified atom stereocenters. The molecule has 0 aliphatic carbocycles. The van der Waals surface area contributed by atoms with Gasteiger partial charge in [0, 0.05) is 0 Å². The minimum absolute atomic E-state index is 0.0306. The zero-order valence-corrected chi connectivity index (χ0v) is 25.1. The van der Waals surface area contributed by atoms with Crippen molar-refractivity contribution in [2.24, 2.45) is 0 Å². The van der Waals surface area contributed by atoms with E-state index in [4.69, 9.17) is 0 Å². The fraction of sp³-hybridized carbons (Fsp3) is 0.143. The second-order valence-electron chi connectivity index (χ2n) is 12.8. The lowest BCUT2D eigenvalue weighted by atomic mass is 9.80. The largest absolute Gasteiger partial charge is 0.0622 e. The molecule has 7 aromatic rings. The smallest absolute Gasteiger partial charge is 0.00198 e. The standard InChI is InChI=1S/C42H36/c1-27-21-28(2)23-32(22-27)40-34-17-11-12-18-35(34)41(39-26-33(42(3,4)5)19-20-36(39)40)38-25-31-16-10-9-15-30(31)24-37(38)29-13-7-6-8-14-29/h6-26H,1-5H3. The summed E-state index contributed by atoms with van der Waals surface area (Å²) in [5, 5.41) is 7.71. The summed E-state index contributed by atoms with van der Waals surface area (Å²) >= 11 is 0. The van der Waals surface area contributed by atoms with Crippen molar-refractivity contribution in [3.63, 3.8) is 0 Å². The van der Waals surface area contributed by atoms with E-state index < -0.39 is 0 Å². The van der Waals surface area contributed by atoms with Gasteiger partial charge in [-0.15, -0.1) is 0 Å². The fourth-order valence-corrected chi connectivity index (χ4v) is 6.67. The molecule has 0 saturated carbocycles. The van der Waals surface area contributed by atoms with Crippen molar-refractivity contribution < 1.29 is 0 Å². The van der Waals surface area contributed by atoms with Crippen LogP contribution in [0.15, 0.2) is 127 Å². The average Bonchev–Trinajstić information content (AvgIpc) is 2.98. The summed E-state index contributed by atoms with van der Waals surface area (Å²) in [5.74, 6) is 0. The zero-order chi connectivity index (χ0) is 29.0. The monoisotopic (exact) mass is 540 g/mol. The van der Waals surface area contributed by atoms with Crippen LogP contribution < -0.4 is 0 Å². The van der Waals surface area contributed by atoms with Crippen LogP contribution in [-0.4, -0.2) is 0 Å². The number of rotatable bonds is 3. The van der Waals surface area contributed by atoms with Crippen LogP contribution in [0.1, 0.15) is 37.5 Å². The molecule has 0 N–H and O–H groups in total. The third-order valence-electron chi connectivity index (χ3n) is 8.64. The van der Waals surface area contributed by atoms with Gasteiger partial charge < -0.3 is 0 Å². The van der Waals surface area contributed by atoms with E-state index in [1.165, 1.54) is 82.4 Å². The summed E-state index contributed by atoms with van der Waals surface area (Å²) in [6, 6.07) is 47.6. The average molecular weight is 541 g/mol. The van der Waals surface area contributed by atoms with E-state index in [9.17, 15) is 0 Å². The van der Waals surface area contributed by atoms with Crippen LogP contribution in [0, 0.1) is 13.8 Å². The molecule has 0 heteroatoms. The van der Waals surface area contributed by atoms with Crippen molar-refractivity contribution in [2.75, 3.05) is 0 Å². The Morgan fingerprint density at radius 1 is 0.405 bits per heavy atom. The van der Waals surface area contributed by atoms with Gasteiger partial charge in [-0.3, -0.25) is 0 Å². The molecule has 0 aromatic heterocycles. The van der Waals surface area contributed by atoms with Crippen LogP contribution in [0.25, 0.3) is 65.7 Å². The Morgan fingerprint density at radius 3 is 1.60 bits per heavy atom. The Hall–Kier alpha value is -4.68. The third-order valence-corrected chi connectivity index (χ3v) is 8.64. The first-order chi connectivity index (χ1) is 20.3. The SMILES string of the molecule is Cc1cc(C)cc(-c2c3ccccc3c(-c3cc4ccccc4cc3-c3ccccc3)c3cc(C(C)(C)C)ccc23)c1. The Morgan fingerprint density at radius 2 is 0.952 bits per heavy atom. The van der Waals surface area contributed by atoms with E-state index in [-0.39, 0.29) is 5.41 Å². The van der Waals surface area contributed by atoms with Crippen molar-refractivity contribution in [2.45, 2.75) is 40.0 Å². The van der Waals surface area contributed by atoms with Crippen molar-refractivity contribution in [1.29, 1.82) is 0 Å². The fourth-order valence-electron chi connectivity index (χ4n) is 6.67.